The largest absolute Gasteiger partial charge is 0.387 e. The number of rotatable bonds is 4. The summed E-state index contributed by atoms with van der Waals surface area (Å²) < 4.78 is 13.6. The van der Waals surface area contributed by atoms with Crippen molar-refractivity contribution in [1.29, 1.82) is 0 Å². The highest BCUT2D eigenvalue weighted by Crippen LogP contribution is 2.23. The van der Waals surface area contributed by atoms with Crippen LogP contribution in [-0.2, 0) is 4.79 Å². The lowest BCUT2D eigenvalue weighted by molar-refractivity contribution is -0.134. The molecule has 1 N–H and O–H groups in total. The fraction of sp³-hybridized carbons (Fsp3) is 0.562. The van der Waals surface area contributed by atoms with Crippen molar-refractivity contribution in [2.75, 3.05) is 33.7 Å². The highest BCUT2D eigenvalue weighted by atomic mass is 19.1. The summed E-state index contributed by atoms with van der Waals surface area (Å²) >= 11 is 0. The highest BCUT2D eigenvalue weighted by molar-refractivity contribution is 5.78. The Balaban J connectivity index is 1.86. The van der Waals surface area contributed by atoms with E-state index in [0.29, 0.717) is 12.1 Å². The number of hydrogen-bond donors (Lipinski definition) is 1. The third-order valence-corrected chi connectivity index (χ3v) is 4.07. The van der Waals surface area contributed by atoms with E-state index in [2.05, 4.69) is 4.90 Å². The van der Waals surface area contributed by atoms with E-state index in [9.17, 15) is 14.3 Å². The van der Waals surface area contributed by atoms with Gasteiger partial charge >= 0.3 is 0 Å². The Kier molecular flexibility index (Phi) is 5.31. The molecule has 21 heavy (non-hydrogen) atoms. The summed E-state index contributed by atoms with van der Waals surface area (Å²) in [7, 11) is 3.55. The van der Waals surface area contributed by atoms with Gasteiger partial charge in [-0.15, -0.1) is 0 Å². The number of nitrogens with zero attached hydrogens (tertiary/aromatic N) is 2. The quantitative estimate of drug-likeness (QED) is 0.918. The van der Waals surface area contributed by atoms with Crippen molar-refractivity contribution >= 4 is 5.91 Å². The van der Waals surface area contributed by atoms with Gasteiger partial charge in [-0.3, -0.25) is 4.79 Å². The lowest BCUT2D eigenvalue weighted by Gasteiger charge is -2.33. The molecule has 1 aromatic carbocycles. The summed E-state index contributed by atoms with van der Waals surface area (Å²) in [4.78, 5) is 15.6. The van der Waals surface area contributed by atoms with Gasteiger partial charge in [0.1, 0.15) is 5.82 Å². The highest BCUT2D eigenvalue weighted by Gasteiger charge is 2.27. The molecule has 0 radical (unpaired) electrons. The Bertz CT molecular complexity index is 485. The Morgan fingerprint density at radius 1 is 1.38 bits per heavy atom. The van der Waals surface area contributed by atoms with Crippen molar-refractivity contribution in [1.82, 2.24) is 9.80 Å². The van der Waals surface area contributed by atoms with Crippen molar-refractivity contribution in [3.63, 3.8) is 0 Å². The monoisotopic (exact) mass is 294 g/mol. The van der Waals surface area contributed by atoms with Crippen LogP contribution in [0.4, 0.5) is 4.39 Å². The van der Waals surface area contributed by atoms with Crippen molar-refractivity contribution in [2.45, 2.75) is 18.9 Å². The zero-order chi connectivity index (χ0) is 15.4. The molecule has 5 heteroatoms. The number of benzene rings is 1. The minimum absolute atomic E-state index is 0.0712. The lowest BCUT2D eigenvalue weighted by atomic mass is 9.95. The van der Waals surface area contributed by atoms with Crippen LogP contribution in [0.15, 0.2) is 24.3 Å². The van der Waals surface area contributed by atoms with Crippen LogP contribution >= 0.6 is 0 Å². The molecule has 0 aromatic heterocycles. The Labute approximate surface area is 125 Å². The average molecular weight is 294 g/mol. The minimum Gasteiger partial charge on any atom is -0.387 e. The third-order valence-electron chi connectivity index (χ3n) is 4.07. The fourth-order valence-electron chi connectivity index (χ4n) is 2.82. The van der Waals surface area contributed by atoms with Crippen LogP contribution in [0, 0.1) is 11.7 Å². The van der Waals surface area contributed by atoms with E-state index in [0.717, 1.165) is 25.9 Å². The van der Waals surface area contributed by atoms with Crippen molar-refractivity contribution in [3.8, 4) is 0 Å². The van der Waals surface area contributed by atoms with E-state index in [4.69, 9.17) is 0 Å². The second-order valence-corrected chi connectivity index (χ2v) is 5.84. The van der Waals surface area contributed by atoms with Gasteiger partial charge in [0.2, 0.25) is 5.91 Å². The van der Waals surface area contributed by atoms with Crippen LogP contribution in [0.25, 0.3) is 0 Å². The molecule has 0 spiro atoms. The maximum atomic E-state index is 13.6. The predicted molar refractivity (Wildman–Crippen MR) is 79.2 cm³/mol. The second kappa shape index (κ2) is 7.00. The normalized spacial score (nSPS) is 18.5. The summed E-state index contributed by atoms with van der Waals surface area (Å²) in [5, 5.41) is 10.2. The van der Waals surface area contributed by atoms with E-state index in [-0.39, 0.29) is 17.6 Å². The number of amides is 1. The molecule has 0 aliphatic carbocycles. The number of hydrogen-bond acceptors (Lipinski definition) is 3. The van der Waals surface area contributed by atoms with E-state index < -0.39 is 6.10 Å². The van der Waals surface area contributed by atoms with Crippen LogP contribution in [-0.4, -0.2) is 54.5 Å². The van der Waals surface area contributed by atoms with Crippen molar-refractivity contribution < 1.29 is 14.3 Å². The molecule has 0 bridgehead atoms. The molecule has 1 fully saturated rings. The number of piperidine rings is 1. The molecule has 0 saturated carbocycles. The standard InChI is InChI=1S/C16H23FN2O2/c1-18(2)16(21)12-7-9-19(10-8-12)11-15(20)13-5-3-4-6-14(13)17/h3-6,12,15,20H,7-11H2,1-2H3. The van der Waals surface area contributed by atoms with Gasteiger partial charge < -0.3 is 14.9 Å². The molecule has 1 aliphatic heterocycles. The fourth-order valence-corrected chi connectivity index (χ4v) is 2.82. The Morgan fingerprint density at radius 2 is 2.00 bits per heavy atom. The first-order valence-electron chi connectivity index (χ1n) is 7.35. The van der Waals surface area contributed by atoms with Gasteiger partial charge in [0.25, 0.3) is 0 Å². The molecular formula is C16H23FN2O2. The van der Waals surface area contributed by atoms with Gasteiger partial charge in [-0.1, -0.05) is 18.2 Å². The third kappa shape index (κ3) is 4.02. The number of likely N-dealkylation sites (tertiary alicyclic amines) is 1. The zero-order valence-electron chi connectivity index (χ0n) is 12.6. The van der Waals surface area contributed by atoms with E-state index in [1.165, 1.54) is 6.07 Å². The summed E-state index contributed by atoms with van der Waals surface area (Å²) in [6.07, 6.45) is 0.759. The van der Waals surface area contributed by atoms with Crippen LogP contribution < -0.4 is 0 Å². The molecule has 1 heterocycles. The van der Waals surface area contributed by atoms with Gasteiger partial charge in [-0.2, -0.15) is 0 Å². The summed E-state index contributed by atoms with van der Waals surface area (Å²) in [5.74, 6) is -0.131. The van der Waals surface area contributed by atoms with Crippen LogP contribution in [0.1, 0.15) is 24.5 Å². The van der Waals surface area contributed by atoms with Gasteiger partial charge in [0.15, 0.2) is 0 Å². The SMILES string of the molecule is CN(C)C(=O)C1CCN(CC(O)c2ccccc2F)CC1. The van der Waals surface area contributed by atoms with Gasteiger partial charge in [-0.05, 0) is 32.0 Å². The predicted octanol–water partition coefficient (Wildman–Crippen LogP) is 1.66. The van der Waals surface area contributed by atoms with Gasteiger partial charge in [-0.25, -0.2) is 4.39 Å². The topological polar surface area (TPSA) is 43.8 Å². The second-order valence-electron chi connectivity index (χ2n) is 5.84. The zero-order valence-corrected chi connectivity index (χ0v) is 12.6. The summed E-state index contributed by atoms with van der Waals surface area (Å²) in [5.41, 5.74) is 0.337. The van der Waals surface area contributed by atoms with Crippen LogP contribution in [0.3, 0.4) is 0 Å². The number of aliphatic hydroxyl groups is 1. The molecule has 1 aliphatic rings. The lowest BCUT2D eigenvalue weighted by Crippen LogP contribution is -2.41. The van der Waals surface area contributed by atoms with Gasteiger partial charge in [0.05, 0.1) is 6.10 Å². The molecule has 1 amide bonds. The molecule has 1 unspecified atom stereocenters. The first-order valence-corrected chi connectivity index (χ1v) is 7.35. The smallest absolute Gasteiger partial charge is 0.225 e. The van der Waals surface area contributed by atoms with Gasteiger partial charge in [0, 0.05) is 32.1 Å². The van der Waals surface area contributed by atoms with Crippen LogP contribution in [0.2, 0.25) is 0 Å². The maximum Gasteiger partial charge on any atom is 0.225 e. The summed E-state index contributed by atoms with van der Waals surface area (Å²) in [6, 6.07) is 6.32. The van der Waals surface area contributed by atoms with E-state index in [1.54, 1.807) is 37.2 Å². The number of carbonyl (C=O) groups excluding carboxylic acids is 1. The molecule has 1 saturated heterocycles. The van der Waals surface area contributed by atoms with Crippen LogP contribution in [0.5, 0.6) is 0 Å². The van der Waals surface area contributed by atoms with E-state index in [1.807, 2.05) is 0 Å². The first kappa shape index (κ1) is 15.9. The maximum absolute atomic E-state index is 13.6. The molecule has 4 nitrogen and oxygen atoms in total. The van der Waals surface area contributed by atoms with E-state index >= 15 is 0 Å². The van der Waals surface area contributed by atoms with Crippen molar-refractivity contribution in [3.05, 3.63) is 35.6 Å². The number of carbonyl (C=O) groups is 1. The average Bonchev–Trinajstić information content (AvgIpc) is 2.47. The molecule has 1 aromatic rings. The molecule has 1 atom stereocenters. The number of β-amino-alcohol motifs (C(OH)–C–C–N with tert-alkyl or cyclic N) is 1. The number of halogens is 1. The first-order chi connectivity index (χ1) is 9.99. The molecule has 2 rings (SSSR count). The number of aliphatic hydroxyl groups excluding tert-OH is 1. The molecular weight excluding hydrogens is 271 g/mol. The Morgan fingerprint density at radius 3 is 2.57 bits per heavy atom. The molecule has 116 valence electrons. The Hall–Kier alpha value is -1.46. The minimum atomic E-state index is -0.827. The van der Waals surface area contributed by atoms with Crippen molar-refractivity contribution in [2.24, 2.45) is 5.92 Å². The summed E-state index contributed by atoms with van der Waals surface area (Å²) in [6.45, 7) is 1.93.